The van der Waals surface area contributed by atoms with Gasteiger partial charge in [-0.25, -0.2) is 4.39 Å². The Labute approximate surface area is 87.5 Å². The summed E-state index contributed by atoms with van der Waals surface area (Å²) in [5, 5.41) is 8.59. The number of amides is 1. The maximum atomic E-state index is 13.0. The highest BCUT2D eigenvalue weighted by molar-refractivity contribution is 14.1. The molecule has 1 amide bonds. The Balaban J connectivity index is 3.41. The second-order valence-corrected chi connectivity index (χ2v) is 3.45. The van der Waals surface area contributed by atoms with Crippen LogP contribution in [0.5, 0.6) is 0 Å². The fraction of sp³-hybridized carbons (Fsp3) is 0. The average Bonchev–Trinajstić information content (AvgIpc) is 2.03. The number of nitrogens with two attached hydrogens (primary N) is 1. The van der Waals surface area contributed by atoms with Crippen LogP contribution in [-0.2, 0) is 0 Å². The zero-order valence-electron chi connectivity index (χ0n) is 6.34. The van der Waals surface area contributed by atoms with E-state index in [0.717, 1.165) is 12.1 Å². The van der Waals surface area contributed by atoms with Crippen LogP contribution >= 0.6 is 22.6 Å². The van der Waals surface area contributed by atoms with Crippen LogP contribution in [0.3, 0.4) is 0 Å². The van der Waals surface area contributed by atoms with E-state index in [1.54, 1.807) is 0 Å². The van der Waals surface area contributed by atoms with E-state index >= 15 is 0 Å². The van der Waals surface area contributed by atoms with E-state index in [1.165, 1.54) is 0 Å². The van der Waals surface area contributed by atoms with E-state index in [-0.39, 0.29) is 11.1 Å². The first kappa shape index (κ1) is 9.92. The van der Waals surface area contributed by atoms with Gasteiger partial charge in [-0.1, -0.05) is 0 Å². The number of hydrogen-bond donors (Lipinski definition) is 1. The monoisotopic (exact) mass is 290 g/mol. The number of hydrogen-bond acceptors (Lipinski definition) is 2. The molecule has 0 fully saturated rings. The molecule has 0 aliphatic rings. The summed E-state index contributed by atoms with van der Waals surface area (Å²) in [7, 11) is 0. The van der Waals surface area contributed by atoms with Crippen molar-refractivity contribution in [1.29, 1.82) is 5.26 Å². The second kappa shape index (κ2) is 3.70. The van der Waals surface area contributed by atoms with E-state index in [1.807, 2.05) is 28.7 Å². The number of nitrogens with zero attached hydrogens (tertiary/aromatic N) is 1. The summed E-state index contributed by atoms with van der Waals surface area (Å²) in [6.07, 6.45) is 0. The lowest BCUT2D eigenvalue weighted by atomic mass is 10.1. The molecule has 3 nitrogen and oxygen atoms in total. The predicted octanol–water partition coefficient (Wildman–Crippen LogP) is 1.40. The van der Waals surface area contributed by atoms with Gasteiger partial charge in [-0.15, -0.1) is 0 Å². The minimum Gasteiger partial charge on any atom is -0.366 e. The molecule has 1 aromatic rings. The fourth-order valence-corrected chi connectivity index (χ4v) is 1.37. The SMILES string of the molecule is N#Cc1cc(C(N)=O)c(F)cc1I. The second-order valence-electron chi connectivity index (χ2n) is 2.29. The molecule has 5 heteroatoms. The summed E-state index contributed by atoms with van der Waals surface area (Å²) >= 11 is 1.81. The van der Waals surface area contributed by atoms with Crippen LogP contribution in [0, 0.1) is 20.7 Å². The minimum absolute atomic E-state index is 0.246. The quantitative estimate of drug-likeness (QED) is 0.794. The first-order valence-electron chi connectivity index (χ1n) is 3.25. The lowest BCUT2D eigenvalue weighted by molar-refractivity contribution is 0.0996. The van der Waals surface area contributed by atoms with Crippen LogP contribution in [0.15, 0.2) is 12.1 Å². The van der Waals surface area contributed by atoms with E-state index in [0.29, 0.717) is 3.57 Å². The molecule has 0 radical (unpaired) electrons. The Morgan fingerprint density at radius 2 is 2.23 bits per heavy atom. The Bertz CT molecular complexity index is 411. The van der Waals surface area contributed by atoms with E-state index in [2.05, 4.69) is 0 Å². The standard InChI is InChI=1S/C8H4FIN2O/c9-6-2-7(10)4(3-11)1-5(6)8(12)13/h1-2H,(H2,12,13). The van der Waals surface area contributed by atoms with Crippen LogP contribution in [0.4, 0.5) is 4.39 Å². The zero-order chi connectivity index (χ0) is 10.0. The van der Waals surface area contributed by atoms with Gasteiger partial charge in [-0.3, -0.25) is 4.79 Å². The fourth-order valence-electron chi connectivity index (χ4n) is 0.823. The van der Waals surface area contributed by atoms with E-state index in [9.17, 15) is 9.18 Å². The van der Waals surface area contributed by atoms with Crippen molar-refractivity contribution in [2.45, 2.75) is 0 Å². The van der Waals surface area contributed by atoms with Crippen molar-refractivity contribution < 1.29 is 9.18 Å². The summed E-state index contributed by atoms with van der Waals surface area (Å²) in [6, 6.07) is 4.10. The van der Waals surface area contributed by atoms with Crippen molar-refractivity contribution in [3.05, 3.63) is 32.6 Å². The van der Waals surface area contributed by atoms with E-state index in [4.69, 9.17) is 11.0 Å². The predicted molar refractivity (Wildman–Crippen MR) is 52.3 cm³/mol. The zero-order valence-corrected chi connectivity index (χ0v) is 8.50. The summed E-state index contributed by atoms with van der Waals surface area (Å²) in [6.45, 7) is 0. The van der Waals surface area contributed by atoms with Gasteiger partial charge in [0.05, 0.1) is 11.1 Å². The molecule has 66 valence electrons. The Morgan fingerprint density at radius 3 is 2.69 bits per heavy atom. The molecule has 0 spiro atoms. The van der Waals surface area contributed by atoms with Crippen molar-refractivity contribution in [3.8, 4) is 6.07 Å². The van der Waals surface area contributed by atoms with Gasteiger partial charge in [0.15, 0.2) is 0 Å². The summed E-state index contributed by atoms with van der Waals surface area (Å²) in [4.78, 5) is 10.7. The van der Waals surface area contributed by atoms with Crippen molar-refractivity contribution in [2.75, 3.05) is 0 Å². The molecule has 2 N–H and O–H groups in total. The number of carbonyl (C=O) groups excluding carboxylic acids is 1. The van der Waals surface area contributed by atoms with E-state index < -0.39 is 11.7 Å². The van der Waals surface area contributed by atoms with Gasteiger partial charge in [0.1, 0.15) is 11.9 Å². The average molecular weight is 290 g/mol. The normalized spacial score (nSPS) is 9.31. The van der Waals surface area contributed by atoms with Gasteiger partial charge < -0.3 is 5.73 Å². The molecule has 1 rings (SSSR count). The molecule has 0 saturated carbocycles. The minimum atomic E-state index is -0.870. The molecule has 13 heavy (non-hydrogen) atoms. The first-order chi connectivity index (χ1) is 6.06. The molecular formula is C8H4FIN2O. The third kappa shape index (κ3) is 1.95. The molecule has 0 atom stereocenters. The topological polar surface area (TPSA) is 66.9 Å². The van der Waals surface area contributed by atoms with Gasteiger partial charge in [0.25, 0.3) is 5.91 Å². The van der Waals surface area contributed by atoms with Crippen LogP contribution in [0.1, 0.15) is 15.9 Å². The molecule has 0 saturated heterocycles. The van der Waals surface area contributed by atoms with Gasteiger partial charge in [0, 0.05) is 3.57 Å². The van der Waals surface area contributed by atoms with Gasteiger partial charge in [0.2, 0.25) is 0 Å². The molecule has 0 heterocycles. The molecule has 1 aromatic carbocycles. The largest absolute Gasteiger partial charge is 0.366 e. The van der Waals surface area contributed by atoms with Crippen molar-refractivity contribution >= 4 is 28.5 Å². The van der Waals surface area contributed by atoms with Gasteiger partial charge in [-0.05, 0) is 34.7 Å². The molecule has 0 unspecified atom stereocenters. The van der Waals surface area contributed by atoms with Gasteiger partial charge in [-0.2, -0.15) is 5.26 Å². The van der Waals surface area contributed by atoms with Crippen molar-refractivity contribution in [1.82, 2.24) is 0 Å². The highest BCUT2D eigenvalue weighted by Gasteiger charge is 2.11. The highest BCUT2D eigenvalue weighted by atomic mass is 127. The number of nitriles is 1. The molecule has 0 aliphatic heterocycles. The first-order valence-corrected chi connectivity index (χ1v) is 4.33. The maximum Gasteiger partial charge on any atom is 0.251 e. The Kier molecular flexibility index (Phi) is 2.83. The van der Waals surface area contributed by atoms with Crippen LogP contribution < -0.4 is 5.73 Å². The number of halogens is 2. The highest BCUT2D eigenvalue weighted by Crippen LogP contribution is 2.16. The number of carbonyl (C=O) groups is 1. The third-order valence-corrected chi connectivity index (χ3v) is 2.34. The lowest BCUT2D eigenvalue weighted by Crippen LogP contribution is -2.13. The summed E-state index contributed by atoms with van der Waals surface area (Å²) in [5.41, 5.74) is 4.89. The smallest absolute Gasteiger partial charge is 0.251 e. The lowest BCUT2D eigenvalue weighted by Gasteiger charge is -2.00. The molecule has 0 aromatic heterocycles. The Morgan fingerprint density at radius 1 is 1.62 bits per heavy atom. The van der Waals surface area contributed by atoms with Crippen molar-refractivity contribution in [2.24, 2.45) is 5.73 Å². The molecule has 0 bridgehead atoms. The van der Waals surface area contributed by atoms with Crippen molar-refractivity contribution in [3.63, 3.8) is 0 Å². The van der Waals surface area contributed by atoms with Crippen LogP contribution in [0.2, 0.25) is 0 Å². The van der Waals surface area contributed by atoms with Crippen LogP contribution in [-0.4, -0.2) is 5.91 Å². The Hall–Kier alpha value is -1.16. The maximum absolute atomic E-state index is 13.0. The number of rotatable bonds is 1. The number of primary amides is 1. The third-order valence-electron chi connectivity index (χ3n) is 1.44. The molecular weight excluding hydrogens is 286 g/mol. The van der Waals surface area contributed by atoms with Crippen LogP contribution in [0.25, 0.3) is 0 Å². The molecule has 0 aliphatic carbocycles. The summed E-state index contributed by atoms with van der Waals surface area (Å²) in [5.74, 6) is -1.57. The summed E-state index contributed by atoms with van der Waals surface area (Å²) < 4.78 is 13.5. The number of benzene rings is 1. The van der Waals surface area contributed by atoms with Gasteiger partial charge >= 0.3 is 0 Å².